The summed E-state index contributed by atoms with van der Waals surface area (Å²) in [5.74, 6) is -2.34. The number of halogens is 2. The number of aromatic amines is 1. The maximum atomic E-state index is 13.3. The van der Waals surface area contributed by atoms with Gasteiger partial charge in [-0.3, -0.25) is 9.59 Å². The lowest BCUT2D eigenvalue weighted by Crippen LogP contribution is -2.25. The lowest BCUT2D eigenvalue weighted by Gasteiger charge is -2.11. The molecule has 0 atom stereocenters. The van der Waals surface area contributed by atoms with Crippen molar-refractivity contribution in [2.45, 2.75) is 6.54 Å². The molecule has 0 saturated carbocycles. The molecule has 3 aromatic rings. The topological polar surface area (TPSA) is 97.0 Å². The van der Waals surface area contributed by atoms with Crippen molar-refractivity contribution >= 4 is 5.91 Å². The molecule has 2 aromatic heterocycles. The fraction of sp³-hybridized carbons (Fsp3) is 0.0588. The molecule has 9 heteroatoms. The predicted molar refractivity (Wildman–Crippen MR) is 86.7 cm³/mol. The van der Waals surface area contributed by atoms with E-state index in [1.54, 1.807) is 12.1 Å². The highest BCUT2D eigenvalue weighted by Crippen LogP contribution is 2.24. The lowest BCUT2D eigenvalue weighted by molar-refractivity contribution is 0.0944. The van der Waals surface area contributed by atoms with Gasteiger partial charge in [0.15, 0.2) is 11.6 Å². The monoisotopic (exact) mass is 358 g/mol. The predicted octanol–water partition coefficient (Wildman–Crippen LogP) is 2.17. The van der Waals surface area contributed by atoms with E-state index in [2.05, 4.69) is 20.5 Å². The third kappa shape index (κ3) is 4.07. The minimum atomic E-state index is -1.04. The normalized spacial score (nSPS) is 10.4. The lowest BCUT2D eigenvalue weighted by atomic mass is 10.2. The second kappa shape index (κ2) is 7.51. The third-order valence-corrected chi connectivity index (χ3v) is 3.31. The molecule has 0 saturated heterocycles. The zero-order chi connectivity index (χ0) is 18.5. The molecule has 0 aliphatic rings. The number of carbonyl (C=O) groups is 1. The van der Waals surface area contributed by atoms with Crippen molar-refractivity contribution in [1.29, 1.82) is 0 Å². The quantitative estimate of drug-likeness (QED) is 0.729. The Balaban J connectivity index is 1.72. The van der Waals surface area contributed by atoms with Crippen LogP contribution in [-0.2, 0) is 6.54 Å². The molecule has 132 valence electrons. The number of hydrogen-bond donors (Lipinski definition) is 2. The van der Waals surface area contributed by atoms with Gasteiger partial charge < -0.3 is 10.1 Å². The number of pyridine rings is 1. The molecule has 26 heavy (non-hydrogen) atoms. The van der Waals surface area contributed by atoms with Crippen molar-refractivity contribution < 1.29 is 18.3 Å². The average molecular weight is 358 g/mol. The van der Waals surface area contributed by atoms with Gasteiger partial charge in [-0.25, -0.2) is 18.9 Å². The molecule has 0 radical (unpaired) electrons. The van der Waals surface area contributed by atoms with Crippen molar-refractivity contribution in [1.82, 2.24) is 20.5 Å². The number of benzene rings is 1. The number of amides is 1. The fourth-order valence-electron chi connectivity index (χ4n) is 2.04. The Morgan fingerprint density at radius 3 is 2.73 bits per heavy atom. The van der Waals surface area contributed by atoms with Gasteiger partial charge in [0, 0.05) is 30.4 Å². The Kier molecular flexibility index (Phi) is 4.97. The molecule has 0 unspecified atom stereocenters. The highest BCUT2D eigenvalue weighted by Gasteiger charge is 2.12. The first kappa shape index (κ1) is 17.2. The van der Waals surface area contributed by atoms with E-state index >= 15 is 0 Å². The zero-order valence-corrected chi connectivity index (χ0v) is 13.2. The Hall–Kier alpha value is -3.62. The fourth-order valence-corrected chi connectivity index (χ4v) is 2.04. The molecule has 0 bridgehead atoms. The maximum absolute atomic E-state index is 13.3. The molecule has 1 aromatic carbocycles. The van der Waals surface area contributed by atoms with E-state index in [1.807, 2.05) is 0 Å². The maximum Gasteiger partial charge on any atom is 0.271 e. The molecule has 3 rings (SSSR count). The third-order valence-electron chi connectivity index (χ3n) is 3.31. The van der Waals surface area contributed by atoms with Crippen LogP contribution in [-0.4, -0.2) is 21.1 Å². The van der Waals surface area contributed by atoms with E-state index in [0.717, 1.165) is 12.1 Å². The van der Waals surface area contributed by atoms with Gasteiger partial charge in [0.25, 0.3) is 11.5 Å². The summed E-state index contributed by atoms with van der Waals surface area (Å²) in [5, 5.41) is 8.39. The van der Waals surface area contributed by atoms with E-state index in [1.165, 1.54) is 24.4 Å². The largest absolute Gasteiger partial charge is 0.439 e. The van der Waals surface area contributed by atoms with Crippen LogP contribution in [0, 0.1) is 11.6 Å². The van der Waals surface area contributed by atoms with Crippen LogP contribution in [0.3, 0.4) is 0 Å². The Morgan fingerprint density at radius 2 is 2.00 bits per heavy atom. The average Bonchev–Trinajstić information content (AvgIpc) is 2.64. The molecule has 2 N–H and O–H groups in total. The summed E-state index contributed by atoms with van der Waals surface area (Å²) in [6, 6.07) is 8.87. The van der Waals surface area contributed by atoms with Gasteiger partial charge in [0.05, 0.1) is 0 Å². The van der Waals surface area contributed by atoms with Crippen molar-refractivity contribution in [3.05, 3.63) is 81.9 Å². The van der Waals surface area contributed by atoms with Crippen LogP contribution in [0.2, 0.25) is 0 Å². The highest BCUT2D eigenvalue weighted by molar-refractivity contribution is 5.91. The van der Waals surface area contributed by atoms with Crippen LogP contribution in [0.1, 0.15) is 16.1 Å². The molecular weight excluding hydrogens is 346 g/mol. The number of rotatable bonds is 5. The molecule has 0 spiro atoms. The number of H-pyrrole nitrogens is 1. The van der Waals surface area contributed by atoms with Crippen LogP contribution in [0.25, 0.3) is 0 Å². The Bertz CT molecular complexity index is 987. The molecule has 1 amide bonds. The van der Waals surface area contributed by atoms with Crippen LogP contribution >= 0.6 is 0 Å². The first-order valence-corrected chi connectivity index (χ1v) is 7.43. The highest BCUT2D eigenvalue weighted by atomic mass is 19.2. The van der Waals surface area contributed by atoms with E-state index < -0.39 is 23.1 Å². The van der Waals surface area contributed by atoms with Crippen molar-refractivity contribution in [2.75, 3.05) is 0 Å². The van der Waals surface area contributed by atoms with Crippen molar-refractivity contribution in [3.63, 3.8) is 0 Å². The van der Waals surface area contributed by atoms with E-state index in [0.29, 0.717) is 5.56 Å². The van der Waals surface area contributed by atoms with Gasteiger partial charge in [-0.05, 0) is 24.3 Å². The van der Waals surface area contributed by atoms with E-state index in [9.17, 15) is 18.4 Å². The summed E-state index contributed by atoms with van der Waals surface area (Å²) in [4.78, 5) is 27.0. The van der Waals surface area contributed by atoms with Gasteiger partial charge in [0.2, 0.25) is 5.88 Å². The molecule has 7 nitrogen and oxygen atoms in total. The van der Waals surface area contributed by atoms with Gasteiger partial charge in [-0.2, -0.15) is 5.10 Å². The summed E-state index contributed by atoms with van der Waals surface area (Å²) >= 11 is 0. The molecule has 0 fully saturated rings. The summed E-state index contributed by atoms with van der Waals surface area (Å²) in [6.07, 6.45) is 1.46. The number of nitrogens with one attached hydrogen (secondary N) is 2. The van der Waals surface area contributed by atoms with Crippen LogP contribution in [0.4, 0.5) is 8.78 Å². The van der Waals surface area contributed by atoms with Crippen molar-refractivity contribution in [3.8, 4) is 11.6 Å². The first-order valence-electron chi connectivity index (χ1n) is 7.43. The van der Waals surface area contributed by atoms with Crippen molar-refractivity contribution in [2.24, 2.45) is 0 Å². The molecule has 0 aliphatic heterocycles. The van der Waals surface area contributed by atoms with Gasteiger partial charge >= 0.3 is 0 Å². The minimum absolute atomic E-state index is 0.0385. The second-order valence-corrected chi connectivity index (χ2v) is 5.13. The van der Waals surface area contributed by atoms with Gasteiger partial charge in [-0.15, -0.1) is 0 Å². The standard InChI is InChI=1S/C17H12F2N4O3/c18-12-4-3-11(8-13(12)19)26-17-10(2-1-7-20-17)9-21-16(25)14-5-6-15(24)23-22-14/h1-8H,9H2,(H,21,25)(H,23,24). The minimum Gasteiger partial charge on any atom is -0.439 e. The number of nitrogens with zero attached hydrogens (tertiary/aromatic N) is 2. The van der Waals surface area contributed by atoms with Crippen LogP contribution < -0.4 is 15.6 Å². The molecule has 0 aliphatic carbocycles. The number of ether oxygens (including phenoxy) is 1. The summed E-state index contributed by atoms with van der Waals surface area (Å²) in [6.45, 7) is 0.0481. The summed E-state index contributed by atoms with van der Waals surface area (Å²) in [7, 11) is 0. The van der Waals surface area contributed by atoms with Crippen LogP contribution in [0.15, 0.2) is 53.5 Å². The summed E-state index contributed by atoms with van der Waals surface area (Å²) in [5.41, 5.74) is 0.127. The Labute approximate surface area is 145 Å². The van der Waals surface area contributed by atoms with Gasteiger partial charge in [-0.1, -0.05) is 6.07 Å². The van der Waals surface area contributed by atoms with Crippen LogP contribution in [0.5, 0.6) is 11.6 Å². The first-order chi connectivity index (χ1) is 12.5. The molecule has 2 heterocycles. The summed E-state index contributed by atoms with van der Waals surface area (Å²) < 4.78 is 31.7. The second-order valence-electron chi connectivity index (χ2n) is 5.13. The number of carbonyl (C=O) groups excluding carboxylic acids is 1. The Morgan fingerprint density at radius 1 is 1.15 bits per heavy atom. The number of hydrogen-bond acceptors (Lipinski definition) is 5. The zero-order valence-electron chi connectivity index (χ0n) is 13.2. The SMILES string of the molecule is O=C(NCc1cccnc1Oc1ccc(F)c(F)c1)c1ccc(=O)[nH]n1. The van der Waals surface area contributed by atoms with E-state index in [-0.39, 0.29) is 23.9 Å². The number of aromatic nitrogens is 3. The van der Waals surface area contributed by atoms with E-state index in [4.69, 9.17) is 4.74 Å². The molecular formula is C17H12F2N4O3. The smallest absolute Gasteiger partial charge is 0.271 e. The van der Waals surface area contributed by atoms with Gasteiger partial charge in [0.1, 0.15) is 11.4 Å².